The van der Waals surface area contributed by atoms with Crippen LogP contribution in [0.15, 0.2) is 42.5 Å². The van der Waals surface area contributed by atoms with Gasteiger partial charge in [0, 0.05) is 11.7 Å². The van der Waals surface area contributed by atoms with E-state index >= 15 is 0 Å². The van der Waals surface area contributed by atoms with Gasteiger partial charge in [0.2, 0.25) is 5.91 Å². The maximum Gasteiger partial charge on any atom is 0.273 e. The van der Waals surface area contributed by atoms with Crippen molar-refractivity contribution in [3.05, 3.63) is 64.2 Å². The highest BCUT2D eigenvalue weighted by Crippen LogP contribution is 2.38. The van der Waals surface area contributed by atoms with Gasteiger partial charge < -0.3 is 26.3 Å². The summed E-state index contributed by atoms with van der Waals surface area (Å²) in [7, 11) is 3.04. The topological polar surface area (TPSA) is 150 Å². The summed E-state index contributed by atoms with van der Waals surface area (Å²) in [6.07, 6.45) is 5.53. The van der Waals surface area contributed by atoms with E-state index in [2.05, 4.69) is 9.69 Å². The molecule has 1 heterocycles. The smallest absolute Gasteiger partial charge is 0.273 e. The molecule has 1 saturated carbocycles. The van der Waals surface area contributed by atoms with Crippen molar-refractivity contribution in [2.45, 2.75) is 57.5 Å². The number of ether oxygens (including phenoxy) is 2. The molecule has 1 aliphatic rings. The first-order valence-corrected chi connectivity index (χ1v) is 14.1. The van der Waals surface area contributed by atoms with Crippen LogP contribution < -0.4 is 31.2 Å². The molecule has 0 bridgehead atoms. The molecule has 40 heavy (non-hydrogen) atoms. The Labute approximate surface area is 237 Å². The van der Waals surface area contributed by atoms with E-state index in [1.54, 1.807) is 24.3 Å². The number of nitrogen functional groups attached to an aromatic ring is 1. The molecule has 0 aliphatic heterocycles. The van der Waals surface area contributed by atoms with Crippen LogP contribution >= 0.6 is 11.5 Å². The third-order valence-corrected chi connectivity index (χ3v) is 8.04. The summed E-state index contributed by atoms with van der Waals surface area (Å²) in [5.74, 6) is -0.833. The first kappa shape index (κ1) is 28.9. The number of hydrogen-bond acceptors (Lipinski definition) is 8. The van der Waals surface area contributed by atoms with Crippen molar-refractivity contribution in [2.24, 2.45) is 5.73 Å². The Morgan fingerprint density at radius 1 is 1.07 bits per heavy atom. The average Bonchev–Trinajstić information content (AvgIpc) is 3.37. The number of nitrogens with two attached hydrogens (primary N) is 2. The van der Waals surface area contributed by atoms with Gasteiger partial charge in [0.1, 0.15) is 10.9 Å². The second kappa shape index (κ2) is 12.8. The molecule has 10 nitrogen and oxygen atoms in total. The van der Waals surface area contributed by atoms with Crippen LogP contribution in [-0.2, 0) is 11.2 Å². The first-order valence-electron chi connectivity index (χ1n) is 13.3. The lowest BCUT2D eigenvalue weighted by molar-refractivity contribution is -0.123. The van der Waals surface area contributed by atoms with Crippen molar-refractivity contribution in [1.82, 2.24) is 9.69 Å². The second-order valence-electron chi connectivity index (χ2n) is 9.66. The van der Waals surface area contributed by atoms with Crippen molar-refractivity contribution in [3.8, 4) is 11.5 Å². The molecular weight excluding hydrogens is 530 g/mol. The van der Waals surface area contributed by atoms with E-state index in [0.29, 0.717) is 29.2 Å². The number of amides is 3. The number of nitrogens with one attached hydrogen (secondary N) is 1. The van der Waals surface area contributed by atoms with Crippen LogP contribution in [0.5, 0.6) is 11.5 Å². The number of carbonyl (C=O) groups excluding carboxylic acids is 3. The molecular formula is C29H35N5O5S. The summed E-state index contributed by atoms with van der Waals surface area (Å²) in [5.41, 5.74) is 13.3. The number of rotatable bonds is 10. The Morgan fingerprint density at radius 2 is 1.77 bits per heavy atom. The fraction of sp³-hybridized carbons (Fsp3) is 0.379. The van der Waals surface area contributed by atoms with E-state index < -0.39 is 17.9 Å². The maximum absolute atomic E-state index is 14.4. The van der Waals surface area contributed by atoms with E-state index in [4.69, 9.17) is 20.9 Å². The Hall–Kier alpha value is -4.12. The van der Waals surface area contributed by atoms with E-state index in [9.17, 15) is 14.4 Å². The van der Waals surface area contributed by atoms with Crippen molar-refractivity contribution in [2.75, 3.05) is 24.9 Å². The predicted molar refractivity (Wildman–Crippen MR) is 155 cm³/mol. The van der Waals surface area contributed by atoms with Gasteiger partial charge in [-0.1, -0.05) is 50.5 Å². The quantitative estimate of drug-likeness (QED) is 0.333. The van der Waals surface area contributed by atoms with Crippen molar-refractivity contribution in [3.63, 3.8) is 0 Å². The molecule has 1 aliphatic carbocycles. The highest BCUT2D eigenvalue weighted by molar-refractivity contribution is 7.09. The molecule has 4 rings (SSSR count). The Balaban J connectivity index is 1.92. The van der Waals surface area contributed by atoms with Gasteiger partial charge in [-0.15, -0.1) is 0 Å². The van der Waals surface area contributed by atoms with Gasteiger partial charge in [-0.05, 0) is 60.1 Å². The number of benzene rings is 2. The number of nitrogens with zero attached hydrogens (tertiary/aromatic N) is 2. The van der Waals surface area contributed by atoms with E-state index in [1.807, 2.05) is 25.1 Å². The van der Waals surface area contributed by atoms with E-state index in [1.165, 1.54) is 19.1 Å². The molecule has 0 saturated heterocycles. The lowest BCUT2D eigenvalue weighted by Gasteiger charge is -2.34. The van der Waals surface area contributed by atoms with Gasteiger partial charge in [0.05, 0.1) is 19.9 Å². The molecule has 212 valence electrons. The van der Waals surface area contributed by atoms with Gasteiger partial charge >= 0.3 is 0 Å². The third kappa shape index (κ3) is 5.89. The van der Waals surface area contributed by atoms with Crippen LogP contribution in [0.1, 0.15) is 76.4 Å². The number of hydrogen-bond donors (Lipinski definition) is 3. The summed E-state index contributed by atoms with van der Waals surface area (Å²) in [5, 5.41) is 3.19. The van der Waals surface area contributed by atoms with Crippen LogP contribution in [0, 0.1) is 0 Å². The molecule has 5 N–H and O–H groups in total. The third-order valence-electron chi connectivity index (χ3n) is 7.19. The minimum atomic E-state index is -1.10. The molecule has 3 aromatic rings. The zero-order valence-corrected chi connectivity index (χ0v) is 23.8. The lowest BCUT2D eigenvalue weighted by atomic mass is 9.94. The van der Waals surface area contributed by atoms with E-state index in [0.717, 1.165) is 49.2 Å². The molecule has 11 heteroatoms. The van der Waals surface area contributed by atoms with Crippen LogP contribution in [0.25, 0.3) is 0 Å². The Bertz CT molecular complexity index is 1380. The van der Waals surface area contributed by atoms with Gasteiger partial charge in [-0.25, -0.2) is 0 Å². The fourth-order valence-electron chi connectivity index (χ4n) is 5.12. The number of aromatic nitrogens is 1. The molecule has 2 aromatic carbocycles. The minimum absolute atomic E-state index is 0.00259. The molecule has 0 radical (unpaired) electrons. The largest absolute Gasteiger partial charge is 0.493 e. The number of primary amides is 1. The normalized spacial score (nSPS) is 14.3. The summed E-state index contributed by atoms with van der Waals surface area (Å²) >= 11 is 0.779. The van der Waals surface area contributed by atoms with Crippen LogP contribution in [0.4, 0.5) is 11.4 Å². The number of para-hydroxylation sites is 1. The Kier molecular flexibility index (Phi) is 9.26. The summed E-state index contributed by atoms with van der Waals surface area (Å²) in [6, 6.07) is 11.4. The van der Waals surface area contributed by atoms with Gasteiger partial charge in [0.25, 0.3) is 11.8 Å². The first-order chi connectivity index (χ1) is 19.3. The van der Waals surface area contributed by atoms with Gasteiger partial charge in [-0.2, -0.15) is 4.37 Å². The summed E-state index contributed by atoms with van der Waals surface area (Å²) < 4.78 is 15.0. The second-order valence-corrected chi connectivity index (χ2v) is 10.4. The van der Waals surface area contributed by atoms with Crippen molar-refractivity contribution in [1.29, 1.82) is 0 Å². The fourth-order valence-corrected chi connectivity index (χ4v) is 5.86. The monoisotopic (exact) mass is 565 g/mol. The SMILES string of the molecule is CCc1ccccc1N(C(=O)c1snc(C(N)=O)c1N)[C@H](C(=O)NC1CCCCC1)c1ccc(OC)c(OC)c1. The molecule has 0 unspecified atom stereocenters. The molecule has 3 amide bonds. The number of aryl methyl sites for hydroxylation is 1. The number of anilines is 2. The van der Waals surface area contributed by atoms with Crippen LogP contribution in [0.2, 0.25) is 0 Å². The van der Waals surface area contributed by atoms with Crippen LogP contribution in [0.3, 0.4) is 0 Å². The Morgan fingerprint density at radius 3 is 2.40 bits per heavy atom. The summed E-state index contributed by atoms with van der Waals surface area (Å²) in [4.78, 5) is 42.0. The van der Waals surface area contributed by atoms with Gasteiger partial charge in [0.15, 0.2) is 17.2 Å². The predicted octanol–water partition coefficient (Wildman–Crippen LogP) is 4.24. The number of carbonyl (C=O) groups is 3. The highest BCUT2D eigenvalue weighted by atomic mass is 32.1. The van der Waals surface area contributed by atoms with Crippen molar-refractivity contribution >= 4 is 40.6 Å². The zero-order valence-electron chi connectivity index (χ0n) is 22.9. The molecule has 1 aromatic heterocycles. The lowest BCUT2D eigenvalue weighted by Crippen LogP contribution is -2.47. The standard InChI is InChI=1S/C29H35N5O5S/c1-4-17-10-8-9-13-20(17)34(29(37)26-23(30)24(27(31)35)33-40-26)25(28(36)32-19-11-6-5-7-12-19)18-14-15-21(38-2)22(16-18)39-3/h8-10,13-16,19,25H,4-7,11-12,30H2,1-3H3,(H2,31,35)(H,32,36)/t25-/m0/s1. The van der Waals surface area contributed by atoms with Gasteiger partial charge in [-0.3, -0.25) is 19.3 Å². The minimum Gasteiger partial charge on any atom is -0.493 e. The molecule has 0 spiro atoms. The van der Waals surface area contributed by atoms with Crippen LogP contribution in [-0.4, -0.2) is 42.4 Å². The zero-order chi connectivity index (χ0) is 28.8. The maximum atomic E-state index is 14.4. The number of methoxy groups -OCH3 is 2. The average molecular weight is 566 g/mol. The molecule has 1 atom stereocenters. The van der Waals surface area contributed by atoms with Crippen molar-refractivity contribution < 1.29 is 23.9 Å². The van der Waals surface area contributed by atoms with E-state index in [-0.39, 0.29) is 28.2 Å². The summed E-state index contributed by atoms with van der Waals surface area (Å²) in [6.45, 7) is 1.97. The highest BCUT2D eigenvalue weighted by Gasteiger charge is 2.38. The molecule has 1 fully saturated rings.